The molecule has 0 radical (unpaired) electrons. The molecule has 1 unspecified atom stereocenters. The Kier molecular flexibility index (Phi) is 5.34. The first kappa shape index (κ1) is 18.8. The standard InChI is InChI=1S/C19H24N2O4S/c1-13-11-21(26(24,25)19-8-7-15(22)10-16(13)19)12-18(23)17(20)9-14-5-3-2-4-6-14/h2-8,10,13,17-18,22-23H,9,11-12,20H2,1H3/t13?,17-,18+/m0/s1. The molecule has 4 N–H and O–H groups in total. The number of nitrogens with zero attached hydrogens (tertiary/aromatic N) is 1. The first-order chi connectivity index (χ1) is 12.3. The van der Waals surface area contributed by atoms with Gasteiger partial charge in [-0.25, -0.2) is 8.42 Å². The molecule has 1 heterocycles. The fourth-order valence-corrected chi connectivity index (χ4v) is 5.18. The number of hydrogen-bond acceptors (Lipinski definition) is 5. The second-order valence-corrected chi connectivity index (χ2v) is 8.77. The van der Waals surface area contributed by atoms with E-state index in [9.17, 15) is 18.6 Å². The predicted octanol–water partition coefficient (Wildman–Crippen LogP) is 1.43. The lowest BCUT2D eigenvalue weighted by Gasteiger charge is -2.34. The molecule has 0 saturated heterocycles. The monoisotopic (exact) mass is 376 g/mol. The third kappa shape index (κ3) is 3.76. The van der Waals surface area contributed by atoms with E-state index >= 15 is 0 Å². The van der Waals surface area contributed by atoms with Crippen LogP contribution in [0.3, 0.4) is 0 Å². The highest BCUT2D eigenvalue weighted by Gasteiger charge is 2.37. The van der Waals surface area contributed by atoms with Crippen LogP contribution in [-0.4, -0.2) is 48.2 Å². The zero-order valence-corrected chi connectivity index (χ0v) is 15.4. The molecule has 0 aliphatic carbocycles. The molecule has 0 bridgehead atoms. The van der Waals surface area contributed by atoms with Crippen LogP contribution < -0.4 is 5.73 Å². The maximum Gasteiger partial charge on any atom is 0.243 e. The summed E-state index contributed by atoms with van der Waals surface area (Å²) < 4.78 is 27.0. The third-order valence-electron chi connectivity index (χ3n) is 4.82. The van der Waals surface area contributed by atoms with E-state index in [4.69, 9.17) is 5.73 Å². The lowest BCUT2D eigenvalue weighted by atomic mass is 9.99. The van der Waals surface area contributed by atoms with Crippen LogP contribution in [0.15, 0.2) is 53.4 Å². The Morgan fingerprint density at radius 2 is 1.92 bits per heavy atom. The number of aromatic hydroxyl groups is 1. The van der Waals surface area contributed by atoms with Gasteiger partial charge in [0, 0.05) is 19.1 Å². The van der Waals surface area contributed by atoms with Gasteiger partial charge in [0.05, 0.1) is 11.0 Å². The summed E-state index contributed by atoms with van der Waals surface area (Å²) in [6, 6.07) is 13.3. The number of phenolic OH excluding ortho intramolecular Hbond substituents is 1. The molecule has 2 aromatic carbocycles. The number of benzene rings is 2. The van der Waals surface area contributed by atoms with Gasteiger partial charge < -0.3 is 15.9 Å². The predicted molar refractivity (Wildman–Crippen MR) is 99.4 cm³/mol. The van der Waals surface area contributed by atoms with E-state index < -0.39 is 22.2 Å². The summed E-state index contributed by atoms with van der Waals surface area (Å²) in [5, 5.41) is 20.1. The number of hydrogen-bond donors (Lipinski definition) is 3. The van der Waals surface area contributed by atoms with Crippen molar-refractivity contribution in [3.05, 3.63) is 59.7 Å². The molecule has 2 aromatic rings. The van der Waals surface area contributed by atoms with Crippen molar-refractivity contribution in [1.82, 2.24) is 4.31 Å². The number of nitrogens with two attached hydrogens (primary N) is 1. The van der Waals surface area contributed by atoms with E-state index in [2.05, 4.69) is 0 Å². The van der Waals surface area contributed by atoms with Gasteiger partial charge in [-0.2, -0.15) is 4.31 Å². The van der Waals surface area contributed by atoms with E-state index in [1.54, 1.807) is 0 Å². The molecule has 1 aliphatic rings. The summed E-state index contributed by atoms with van der Waals surface area (Å²) in [6.45, 7) is 2.09. The molecule has 7 heteroatoms. The number of fused-ring (bicyclic) bond motifs is 1. The van der Waals surface area contributed by atoms with Crippen LogP contribution in [0.25, 0.3) is 0 Å². The largest absolute Gasteiger partial charge is 0.508 e. The van der Waals surface area contributed by atoms with Crippen molar-refractivity contribution in [3.8, 4) is 5.75 Å². The van der Waals surface area contributed by atoms with Gasteiger partial charge in [-0.15, -0.1) is 0 Å². The maximum absolute atomic E-state index is 12.9. The summed E-state index contributed by atoms with van der Waals surface area (Å²) in [5.74, 6) is -0.0395. The molecule has 1 aliphatic heterocycles. The number of sulfonamides is 1. The smallest absolute Gasteiger partial charge is 0.243 e. The van der Waals surface area contributed by atoms with Crippen molar-refractivity contribution in [2.45, 2.75) is 36.3 Å². The normalized spacial score (nSPS) is 21.7. The van der Waals surface area contributed by atoms with Crippen LogP contribution in [0, 0.1) is 0 Å². The topological polar surface area (TPSA) is 104 Å². The molecular formula is C19H24N2O4S. The average molecular weight is 376 g/mol. The Bertz CT molecular complexity index is 870. The van der Waals surface area contributed by atoms with Crippen LogP contribution in [0.4, 0.5) is 0 Å². The summed E-state index contributed by atoms with van der Waals surface area (Å²) in [6.07, 6.45) is -0.508. The van der Waals surface area contributed by atoms with E-state index in [1.807, 2.05) is 37.3 Å². The second-order valence-electron chi connectivity index (χ2n) is 6.87. The fourth-order valence-electron chi connectivity index (χ4n) is 3.34. The number of rotatable bonds is 5. The molecule has 3 atom stereocenters. The Morgan fingerprint density at radius 1 is 1.23 bits per heavy atom. The Hall–Kier alpha value is -1.93. The highest BCUT2D eigenvalue weighted by Crippen LogP contribution is 2.35. The molecule has 0 saturated carbocycles. The Labute approximate surface area is 153 Å². The maximum atomic E-state index is 12.9. The fraction of sp³-hybridized carbons (Fsp3) is 0.368. The number of aliphatic hydroxyl groups is 1. The van der Waals surface area contributed by atoms with Crippen LogP contribution in [0.2, 0.25) is 0 Å². The van der Waals surface area contributed by atoms with Crippen molar-refractivity contribution in [3.63, 3.8) is 0 Å². The SMILES string of the molecule is CC1CN(C[C@@H](O)[C@@H](N)Cc2ccccc2)S(=O)(=O)c2ccc(O)cc21. The van der Waals surface area contributed by atoms with Crippen molar-refractivity contribution < 1.29 is 18.6 Å². The average Bonchev–Trinajstić information content (AvgIpc) is 2.60. The second kappa shape index (κ2) is 7.36. The minimum absolute atomic E-state index is 0.0455. The van der Waals surface area contributed by atoms with Crippen LogP contribution in [-0.2, 0) is 16.4 Å². The minimum atomic E-state index is -3.73. The van der Waals surface area contributed by atoms with Gasteiger partial charge in [0.25, 0.3) is 0 Å². The molecule has 3 rings (SSSR count). The van der Waals surface area contributed by atoms with Gasteiger partial charge in [-0.05, 0) is 41.7 Å². The minimum Gasteiger partial charge on any atom is -0.508 e. The third-order valence-corrected chi connectivity index (χ3v) is 6.72. The summed E-state index contributed by atoms with van der Waals surface area (Å²) >= 11 is 0. The summed E-state index contributed by atoms with van der Waals surface area (Å²) in [4.78, 5) is 0.179. The molecule has 140 valence electrons. The first-order valence-corrected chi connectivity index (χ1v) is 10.0. The lowest BCUT2D eigenvalue weighted by molar-refractivity contribution is 0.116. The Balaban J connectivity index is 1.76. The van der Waals surface area contributed by atoms with Gasteiger partial charge in [-0.1, -0.05) is 37.3 Å². The quantitative estimate of drug-likeness (QED) is 0.732. The van der Waals surface area contributed by atoms with Gasteiger partial charge in [0.2, 0.25) is 10.0 Å². The van der Waals surface area contributed by atoms with Crippen molar-refractivity contribution in [2.75, 3.05) is 13.1 Å². The van der Waals surface area contributed by atoms with Gasteiger partial charge in [0.15, 0.2) is 0 Å². The van der Waals surface area contributed by atoms with Crippen molar-refractivity contribution >= 4 is 10.0 Å². The molecule has 6 nitrogen and oxygen atoms in total. The van der Waals surface area contributed by atoms with Crippen molar-refractivity contribution in [1.29, 1.82) is 0 Å². The number of phenols is 1. The zero-order valence-electron chi connectivity index (χ0n) is 14.6. The number of β-amino-alcohol motifs (C(OH)–C–C–N with tert-alkyl or cyclic N) is 1. The Morgan fingerprint density at radius 3 is 2.62 bits per heavy atom. The first-order valence-electron chi connectivity index (χ1n) is 8.59. The molecule has 0 fully saturated rings. The van der Waals surface area contributed by atoms with E-state index in [1.165, 1.54) is 22.5 Å². The molecule has 0 amide bonds. The van der Waals surface area contributed by atoms with Crippen LogP contribution >= 0.6 is 0 Å². The van der Waals surface area contributed by atoms with E-state index in [0.29, 0.717) is 12.0 Å². The van der Waals surface area contributed by atoms with Crippen LogP contribution in [0.1, 0.15) is 24.0 Å². The highest BCUT2D eigenvalue weighted by atomic mass is 32.2. The van der Waals surface area contributed by atoms with Gasteiger partial charge in [-0.3, -0.25) is 0 Å². The number of aliphatic hydroxyl groups excluding tert-OH is 1. The molecule has 26 heavy (non-hydrogen) atoms. The lowest BCUT2D eigenvalue weighted by Crippen LogP contribution is -2.49. The van der Waals surface area contributed by atoms with E-state index in [-0.39, 0.29) is 29.7 Å². The molecule has 0 aromatic heterocycles. The van der Waals surface area contributed by atoms with Gasteiger partial charge >= 0.3 is 0 Å². The van der Waals surface area contributed by atoms with Crippen molar-refractivity contribution in [2.24, 2.45) is 5.73 Å². The summed E-state index contributed by atoms with van der Waals surface area (Å²) in [5.41, 5.74) is 7.70. The zero-order chi connectivity index (χ0) is 18.9. The van der Waals surface area contributed by atoms with E-state index in [0.717, 1.165) is 5.56 Å². The summed E-state index contributed by atoms with van der Waals surface area (Å²) in [7, 11) is -3.73. The molecule has 0 spiro atoms. The molecular weight excluding hydrogens is 352 g/mol. The van der Waals surface area contributed by atoms with Crippen LogP contribution in [0.5, 0.6) is 5.75 Å². The highest BCUT2D eigenvalue weighted by molar-refractivity contribution is 7.89. The van der Waals surface area contributed by atoms with Gasteiger partial charge in [0.1, 0.15) is 5.75 Å².